The Morgan fingerprint density at radius 1 is 1.00 bits per heavy atom. The van der Waals surface area contributed by atoms with Crippen LogP contribution in [0.2, 0.25) is 0 Å². The van der Waals surface area contributed by atoms with Crippen LogP contribution in [0, 0.1) is 5.41 Å². The van der Waals surface area contributed by atoms with Crippen molar-refractivity contribution in [3.63, 3.8) is 0 Å². The van der Waals surface area contributed by atoms with Crippen LogP contribution in [0.4, 0.5) is 0 Å². The zero-order valence-corrected chi connectivity index (χ0v) is 13.4. The fourth-order valence-corrected chi connectivity index (χ4v) is 3.82. The Kier molecular flexibility index (Phi) is 4.08. The zero-order chi connectivity index (χ0) is 14.1. The number of hydrogen-bond donors (Lipinski definition) is 0. The Labute approximate surface area is 119 Å². The van der Waals surface area contributed by atoms with E-state index in [1.54, 1.807) is 5.56 Å². The van der Waals surface area contributed by atoms with Crippen LogP contribution in [-0.4, -0.2) is 0 Å². The van der Waals surface area contributed by atoms with Gasteiger partial charge in [0.05, 0.1) is 0 Å². The summed E-state index contributed by atoms with van der Waals surface area (Å²) in [5.41, 5.74) is 3.82. The molecule has 1 aliphatic carbocycles. The summed E-state index contributed by atoms with van der Waals surface area (Å²) in [7, 11) is 0. The molecule has 0 unspecified atom stereocenters. The third-order valence-corrected chi connectivity index (χ3v) is 5.25. The van der Waals surface area contributed by atoms with E-state index in [-0.39, 0.29) is 0 Å². The van der Waals surface area contributed by atoms with Crippen molar-refractivity contribution in [2.24, 2.45) is 5.41 Å². The summed E-state index contributed by atoms with van der Waals surface area (Å²) in [6.45, 7) is 11.9. The molecule has 0 aliphatic heterocycles. The second-order valence-electron chi connectivity index (χ2n) is 7.67. The molecule has 19 heavy (non-hydrogen) atoms. The molecule has 0 radical (unpaired) electrons. The van der Waals surface area contributed by atoms with Crippen molar-refractivity contribution in [3.05, 3.63) is 35.4 Å². The van der Waals surface area contributed by atoms with E-state index in [1.807, 2.05) is 0 Å². The van der Waals surface area contributed by atoms with Crippen LogP contribution in [0.3, 0.4) is 0 Å². The Bertz CT molecular complexity index is 414. The maximum Gasteiger partial charge on any atom is 0.000158 e. The summed E-state index contributed by atoms with van der Waals surface area (Å²) in [5, 5.41) is 0. The number of rotatable bonds is 2. The van der Waals surface area contributed by atoms with E-state index in [2.05, 4.69) is 58.9 Å². The van der Waals surface area contributed by atoms with Gasteiger partial charge in [0, 0.05) is 5.41 Å². The van der Waals surface area contributed by atoms with Crippen molar-refractivity contribution < 1.29 is 0 Å². The van der Waals surface area contributed by atoms with Gasteiger partial charge in [-0.15, -0.1) is 0 Å². The Balaban J connectivity index is 2.47. The van der Waals surface area contributed by atoms with Crippen molar-refractivity contribution in [2.45, 2.75) is 78.1 Å². The van der Waals surface area contributed by atoms with Crippen molar-refractivity contribution in [1.82, 2.24) is 0 Å². The van der Waals surface area contributed by atoms with Crippen LogP contribution in [-0.2, 0) is 5.41 Å². The van der Waals surface area contributed by atoms with Gasteiger partial charge in [0.1, 0.15) is 0 Å². The first-order chi connectivity index (χ1) is 8.87. The van der Waals surface area contributed by atoms with E-state index in [9.17, 15) is 0 Å². The summed E-state index contributed by atoms with van der Waals surface area (Å²) in [5.74, 6) is 0.626. The van der Waals surface area contributed by atoms with E-state index in [1.165, 1.54) is 37.7 Å². The van der Waals surface area contributed by atoms with Gasteiger partial charge in [-0.05, 0) is 35.3 Å². The number of hydrogen-bond acceptors (Lipinski definition) is 0. The van der Waals surface area contributed by atoms with Gasteiger partial charge in [0.25, 0.3) is 0 Å². The average Bonchev–Trinajstić information content (AvgIpc) is 2.38. The van der Waals surface area contributed by atoms with Crippen LogP contribution < -0.4 is 0 Å². The smallest absolute Gasteiger partial charge is 0.000158 e. The molecule has 0 spiro atoms. The quantitative estimate of drug-likeness (QED) is 0.605. The zero-order valence-electron chi connectivity index (χ0n) is 13.4. The predicted molar refractivity (Wildman–Crippen MR) is 84.7 cm³/mol. The van der Waals surface area contributed by atoms with E-state index in [0.29, 0.717) is 16.7 Å². The lowest BCUT2D eigenvalue weighted by Crippen LogP contribution is -2.41. The summed E-state index contributed by atoms with van der Waals surface area (Å²) in [6, 6.07) is 9.42. The molecule has 0 heteroatoms. The fraction of sp³-hybridized carbons (Fsp3) is 0.684. The van der Waals surface area contributed by atoms with E-state index < -0.39 is 0 Å². The maximum absolute atomic E-state index is 2.49. The molecule has 0 heterocycles. The molecular formula is C19H30. The molecule has 2 rings (SSSR count). The highest BCUT2D eigenvalue weighted by Gasteiger charge is 2.43. The minimum Gasteiger partial charge on any atom is -0.0617 e. The van der Waals surface area contributed by atoms with E-state index in [0.717, 1.165) is 0 Å². The number of benzene rings is 1. The van der Waals surface area contributed by atoms with Gasteiger partial charge in [-0.3, -0.25) is 0 Å². The highest BCUT2D eigenvalue weighted by Crippen LogP contribution is 2.51. The SMILES string of the molecule is CC(C)c1cccc(C2(C(C)(C)C)CCCCC2)c1. The van der Waals surface area contributed by atoms with Crippen LogP contribution in [0.15, 0.2) is 24.3 Å². The Hall–Kier alpha value is -0.780. The molecule has 0 bridgehead atoms. The largest absolute Gasteiger partial charge is 0.0617 e. The minimum absolute atomic E-state index is 0.350. The molecular weight excluding hydrogens is 228 g/mol. The van der Waals surface area contributed by atoms with Crippen molar-refractivity contribution in [3.8, 4) is 0 Å². The molecule has 0 aromatic heterocycles. The van der Waals surface area contributed by atoms with Gasteiger partial charge >= 0.3 is 0 Å². The van der Waals surface area contributed by atoms with Gasteiger partial charge in [0.15, 0.2) is 0 Å². The third-order valence-electron chi connectivity index (χ3n) is 5.25. The van der Waals surface area contributed by atoms with Crippen molar-refractivity contribution in [1.29, 1.82) is 0 Å². The maximum atomic E-state index is 2.49. The lowest BCUT2D eigenvalue weighted by molar-refractivity contribution is 0.126. The van der Waals surface area contributed by atoms with Gasteiger partial charge in [-0.2, -0.15) is 0 Å². The van der Waals surface area contributed by atoms with Crippen LogP contribution in [0.25, 0.3) is 0 Å². The lowest BCUT2D eigenvalue weighted by atomic mass is 9.56. The molecule has 106 valence electrons. The third kappa shape index (κ3) is 2.73. The second kappa shape index (κ2) is 5.31. The fourth-order valence-electron chi connectivity index (χ4n) is 3.82. The molecule has 1 aromatic rings. The van der Waals surface area contributed by atoms with E-state index >= 15 is 0 Å². The average molecular weight is 258 g/mol. The molecule has 0 nitrogen and oxygen atoms in total. The molecule has 0 N–H and O–H groups in total. The first kappa shape index (κ1) is 14.6. The summed E-state index contributed by atoms with van der Waals surface area (Å²) in [6.07, 6.45) is 6.92. The molecule has 1 saturated carbocycles. The molecule has 0 amide bonds. The first-order valence-electron chi connectivity index (χ1n) is 7.97. The van der Waals surface area contributed by atoms with Gasteiger partial charge < -0.3 is 0 Å². The second-order valence-corrected chi connectivity index (χ2v) is 7.67. The summed E-state index contributed by atoms with van der Waals surface area (Å²) >= 11 is 0. The van der Waals surface area contributed by atoms with Crippen LogP contribution in [0.5, 0.6) is 0 Å². The van der Waals surface area contributed by atoms with Crippen LogP contribution >= 0.6 is 0 Å². The minimum atomic E-state index is 0.350. The Morgan fingerprint density at radius 2 is 1.63 bits per heavy atom. The van der Waals surface area contributed by atoms with Gasteiger partial charge in [-0.25, -0.2) is 0 Å². The molecule has 1 fully saturated rings. The highest BCUT2D eigenvalue weighted by atomic mass is 14.5. The van der Waals surface area contributed by atoms with Crippen LogP contribution in [0.1, 0.15) is 83.8 Å². The monoisotopic (exact) mass is 258 g/mol. The normalized spacial score (nSPS) is 19.7. The van der Waals surface area contributed by atoms with Gasteiger partial charge in [-0.1, -0.05) is 78.1 Å². The molecule has 1 aliphatic rings. The summed E-state index contributed by atoms with van der Waals surface area (Å²) < 4.78 is 0. The van der Waals surface area contributed by atoms with Crippen molar-refractivity contribution >= 4 is 0 Å². The topological polar surface area (TPSA) is 0 Å². The molecule has 1 aromatic carbocycles. The lowest BCUT2D eigenvalue weighted by Gasteiger charge is -2.48. The van der Waals surface area contributed by atoms with Crippen molar-refractivity contribution in [2.75, 3.05) is 0 Å². The molecule has 0 atom stereocenters. The molecule has 0 saturated heterocycles. The summed E-state index contributed by atoms with van der Waals surface area (Å²) in [4.78, 5) is 0. The van der Waals surface area contributed by atoms with Gasteiger partial charge in [0.2, 0.25) is 0 Å². The Morgan fingerprint density at radius 3 is 2.16 bits per heavy atom. The van der Waals surface area contributed by atoms with E-state index in [4.69, 9.17) is 0 Å². The highest BCUT2D eigenvalue weighted by molar-refractivity contribution is 5.34. The predicted octanol–water partition coefficient (Wildman–Crippen LogP) is 6.06. The standard InChI is InChI=1S/C19H30/c1-15(2)16-10-9-11-17(14-16)19(18(3,4)5)12-7-6-8-13-19/h9-11,14-15H,6-8,12-13H2,1-5H3. The first-order valence-corrected chi connectivity index (χ1v) is 7.97.